The van der Waals surface area contributed by atoms with Gasteiger partial charge in [-0.25, -0.2) is 0 Å². The molecule has 0 saturated carbocycles. The lowest BCUT2D eigenvalue weighted by molar-refractivity contribution is 0.0942. The summed E-state index contributed by atoms with van der Waals surface area (Å²) in [6, 6.07) is 13.4. The van der Waals surface area contributed by atoms with E-state index in [2.05, 4.69) is 10.4 Å². The largest absolute Gasteiger partial charge is 0.489 e. The highest BCUT2D eigenvalue weighted by Crippen LogP contribution is 2.19. The number of nitrogens with one attached hydrogen (secondary N) is 1. The number of thiophene rings is 1. The van der Waals surface area contributed by atoms with Gasteiger partial charge in [-0.1, -0.05) is 18.2 Å². The van der Waals surface area contributed by atoms with E-state index in [1.54, 1.807) is 6.20 Å². The Bertz CT molecular complexity index is 826. The van der Waals surface area contributed by atoms with Gasteiger partial charge in [-0.3, -0.25) is 9.48 Å². The molecule has 0 aliphatic rings. The standard InChI is InChI=1S/C19H21N3O2S/c1-3-22-17(9-10-20-22)14(2)21-19(23)18-11-15(13-25-18)12-24-16-7-5-4-6-8-16/h4-11,13-14H,3,12H2,1-2H3,(H,21,23). The van der Waals surface area contributed by atoms with Crippen molar-refractivity contribution in [2.24, 2.45) is 0 Å². The third-order valence-electron chi connectivity index (χ3n) is 3.87. The monoisotopic (exact) mass is 355 g/mol. The number of carbonyl (C=O) groups is 1. The summed E-state index contributed by atoms with van der Waals surface area (Å²) in [5.74, 6) is 0.744. The zero-order valence-electron chi connectivity index (χ0n) is 14.3. The van der Waals surface area contributed by atoms with Crippen LogP contribution in [-0.4, -0.2) is 15.7 Å². The molecule has 2 aromatic heterocycles. The Morgan fingerprint density at radius 1 is 1.32 bits per heavy atom. The van der Waals surface area contributed by atoms with Gasteiger partial charge in [0.25, 0.3) is 5.91 Å². The highest BCUT2D eigenvalue weighted by molar-refractivity contribution is 7.12. The van der Waals surface area contributed by atoms with Gasteiger partial charge in [-0.15, -0.1) is 11.3 Å². The highest BCUT2D eigenvalue weighted by Gasteiger charge is 2.16. The summed E-state index contributed by atoms with van der Waals surface area (Å²) in [7, 11) is 0. The van der Waals surface area contributed by atoms with Gasteiger partial charge in [0.05, 0.1) is 16.6 Å². The lowest BCUT2D eigenvalue weighted by atomic mass is 10.2. The Morgan fingerprint density at radius 2 is 2.12 bits per heavy atom. The number of hydrogen-bond acceptors (Lipinski definition) is 4. The van der Waals surface area contributed by atoms with E-state index in [4.69, 9.17) is 4.74 Å². The predicted octanol–water partition coefficient (Wildman–Crippen LogP) is 4.03. The molecule has 0 saturated heterocycles. The summed E-state index contributed by atoms with van der Waals surface area (Å²) in [6.45, 7) is 5.23. The second-order valence-electron chi connectivity index (χ2n) is 5.69. The maximum absolute atomic E-state index is 12.5. The topological polar surface area (TPSA) is 56.2 Å². The minimum atomic E-state index is -0.0962. The highest BCUT2D eigenvalue weighted by atomic mass is 32.1. The number of nitrogens with zero attached hydrogens (tertiary/aromatic N) is 2. The molecule has 130 valence electrons. The fourth-order valence-corrected chi connectivity index (χ4v) is 3.37. The molecule has 25 heavy (non-hydrogen) atoms. The minimum absolute atomic E-state index is 0.0766. The zero-order valence-corrected chi connectivity index (χ0v) is 15.1. The third kappa shape index (κ3) is 4.28. The molecule has 5 nitrogen and oxygen atoms in total. The fourth-order valence-electron chi connectivity index (χ4n) is 2.57. The molecule has 1 atom stereocenters. The minimum Gasteiger partial charge on any atom is -0.489 e. The van der Waals surface area contributed by atoms with Crippen LogP contribution in [0.5, 0.6) is 5.75 Å². The quantitative estimate of drug-likeness (QED) is 0.696. The van der Waals surface area contributed by atoms with Crippen molar-refractivity contribution < 1.29 is 9.53 Å². The second-order valence-corrected chi connectivity index (χ2v) is 6.60. The van der Waals surface area contributed by atoms with Gasteiger partial charge in [0.2, 0.25) is 0 Å². The summed E-state index contributed by atoms with van der Waals surface area (Å²) in [4.78, 5) is 13.1. The van der Waals surface area contributed by atoms with Gasteiger partial charge >= 0.3 is 0 Å². The van der Waals surface area contributed by atoms with Crippen molar-refractivity contribution in [1.29, 1.82) is 0 Å². The van der Waals surface area contributed by atoms with Crippen molar-refractivity contribution in [3.8, 4) is 5.75 Å². The van der Waals surface area contributed by atoms with Crippen LogP contribution in [0.2, 0.25) is 0 Å². The number of benzene rings is 1. The maximum Gasteiger partial charge on any atom is 0.261 e. The number of ether oxygens (including phenoxy) is 1. The summed E-state index contributed by atoms with van der Waals surface area (Å²) < 4.78 is 7.61. The molecule has 3 rings (SSSR count). The van der Waals surface area contributed by atoms with E-state index in [1.807, 2.05) is 66.4 Å². The van der Waals surface area contributed by atoms with Crippen molar-refractivity contribution in [1.82, 2.24) is 15.1 Å². The van der Waals surface area contributed by atoms with Crippen LogP contribution in [0.4, 0.5) is 0 Å². The Hall–Kier alpha value is -2.60. The number of rotatable bonds is 7. The van der Waals surface area contributed by atoms with E-state index >= 15 is 0 Å². The molecule has 2 heterocycles. The van der Waals surface area contributed by atoms with Crippen LogP contribution in [-0.2, 0) is 13.2 Å². The number of aryl methyl sites for hydroxylation is 1. The Morgan fingerprint density at radius 3 is 2.88 bits per heavy atom. The molecular formula is C19H21N3O2S. The average molecular weight is 355 g/mol. The van der Waals surface area contributed by atoms with Crippen molar-refractivity contribution in [2.75, 3.05) is 0 Å². The lowest BCUT2D eigenvalue weighted by Crippen LogP contribution is -2.27. The SMILES string of the molecule is CCn1nccc1C(C)NC(=O)c1cc(COc2ccccc2)cs1. The Balaban J connectivity index is 1.59. The summed E-state index contributed by atoms with van der Waals surface area (Å²) in [6.07, 6.45) is 1.76. The van der Waals surface area contributed by atoms with Gasteiger partial charge in [0.15, 0.2) is 0 Å². The first-order valence-electron chi connectivity index (χ1n) is 8.25. The first-order valence-corrected chi connectivity index (χ1v) is 9.13. The predicted molar refractivity (Wildman–Crippen MR) is 98.9 cm³/mol. The van der Waals surface area contributed by atoms with Crippen LogP contribution in [0.25, 0.3) is 0 Å². The van der Waals surface area contributed by atoms with Gasteiger partial charge in [-0.05, 0) is 43.5 Å². The summed E-state index contributed by atoms with van der Waals surface area (Å²) >= 11 is 1.43. The number of para-hydroxylation sites is 1. The van der Waals surface area contributed by atoms with Crippen LogP contribution in [0, 0.1) is 0 Å². The third-order valence-corrected chi connectivity index (χ3v) is 4.84. The van der Waals surface area contributed by atoms with Crippen molar-refractivity contribution in [3.63, 3.8) is 0 Å². The number of hydrogen-bond donors (Lipinski definition) is 1. The maximum atomic E-state index is 12.5. The molecule has 0 radical (unpaired) electrons. The Labute approximate surface area is 151 Å². The van der Waals surface area contributed by atoms with Crippen LogP contribution < -0.4 is 10.1 Å². The van der Waals surface area contributed by atoms with Gasteiger partial charge < -0.3 is 10.1 Å². The molecule has 1 unspecified atom stereocenters. The number of carbonyl (C=O) groups excluding carboxylic acids is 1. The van der Waals surface area contributed by atoms with Crippen molar-refractivity contribution in [2.45, 2.75) is 33.0 Å². The van der Waals surface area contributed by atoms with Crippen LogP contribution >= 0.6 is 11.3 Å². The molecule has 0 aliphatic carbocycles. The normalized spacial score (nSPS) is 11.9. The first-order chi connectivity index (χ1) is 12.2. The average Bonchev–Trinajstić information content (AvgIpc) is 3.30. The van der Waals surface area contributed by atoms with E-state index in [0.29, 0.717) is 11.5 Å². The molecule has 1 amide bonds. The van der Waals surface area contributed by atoms with E-state index in [9.17, 15) is 4.79 Å². The van der Waals surface area contributed by atoms with Crippen LogP contribution in [0.15, 0.2) is 54.0 Å². The molecule has 6 heteroatoms. The molecule has 0 spiro atoms. The van der Waals surface area contributed by atoms with Crippen LogP contribution in [0.1, 0.15) is 40.8 Å². The van der Waals surface area contributed by atoms with Gasteiger partial charge in [-0.2, -0.15) is 5.10 Å². The van der Waals surface area contributed by atoms with Crippen molar-refractivity contribution in [3.05, 3.63) is 70.2 Å². The molecule has 3 aromatic rings. The fraction of sp³-hybridized carbons (Fsp3) is 0.263. The van der Waals surface area contributed by atoms with E-state index in [-0.39, 0.29) is 11.9 Å². The van der Waals surface area contributed by atoms with Gasteiger partial charge in [0.1, 0.15) is 12.4 Å². The number of amides is 1. The Kier molecular flexibility index (Phi) is 5.50. The van der Waals surface area contributed by atoms with Crippen LogP contribution in [0.3, 0.4) is 0 Å². The first kappa shape index (κ1) is 17.2. The molecule has 0 fully saturated rings. The number of aromatic nitrogens is 2. The second kappa shape index (κ2) is 7.98. The lowest BCUT2D eigenvalue weighted by Gasteiger charge is -2.14. The van der Waals surface area contributed by atoms with E-state index in [1.165, 1.54) is 11.3 Å². The molecule has 1 aromatic carbocycles. The summed E-state index contributed by atoms with van der Waals surface area (Å²) in [5.41, 5.74) is 1.99. The smallest absolute Gasteiger partial charge is 0.261 e. The molecular weight excluding hydrogens is 334 g/mol. The van der Waals surface area contributed by atoms with Gasteiger partial charge in [0, 0.05) is 18.3 Å². The molecule has 1 N–H and O–H groups in total. The molecule has 0 aliphatic heterocycles. The molecule has 0 bridgehead atoms. The summed E-state index contributed by atoms with van der Waals surface area (Å²) in [5, 5.41) is 9.23. The zero-order chi connectivity index (χ0) is 17.6. The van der Waals surface area contributed by atoms with E-state index < -0.39 is 0 Å². The van der Waals surface area contributed by atoms with Crippen molar-refractivity contribution >= 4 is 17.2 Å². The van der Waals surface area contributed by atoms with E-state index in [0.717, 1.165) is 23.6 Å².